The molecule has 0 saturated carbocycles. The number of aromatic nitrogens is 2. The molecule has 0 amide bonds. The topological polar surface area (TPSA) is 75.1 Å². The number of carboxylic acids is 1. The first-order valence-corrected chi connectivity index (χ1v) is 13.9. The maximum atomic E-state index is 12.2. The van der Waals surface area contributed by atoms with E-state index in [9.17, 15) is 9.90 Å². The highest BCUT2D eigenvalue weighted by atomic mass is 32.2. The second kappa shape index (κ2) is 14.7. The summed E-state index contributed by atoms with van der Waals surface area (Å²) in [4.78, 5) is 21.5. The first-order valence-electron chi connectivity index (χ1n) is 11.9. The van der Waals surface area contributed by atoms with Crippen molar-refractivity contribution in [3.8, 4) is 0 Å². The Hall–Kier alpha value is -2.51. The van der Waals surface area contributed by atoms with Crippen LogP contribution in [0.4, 0.5) is 5.82 Å². The number of rotatable bonds is 15. The number of unbranched alkanes of at least 4 members (excludes halogenated alkanes) is 5. The van der Waals surface area contributed by atoms with E-state index in [1.54, 1.807) is 11.8 Å². The molecule has 5 nitrogen and oxygen atoms in total. The molecule has 0 aliphatic heterocycles. The minimum atomic E-state index is -1.02. The Morgan fingerprint density at radius 3 is 2.18 bits per heavy atom. The summed E-state index contributed by atoms with van der Waals surface area (Å²) in [5.41, 5.74) is 2.33. The number of nitrogens with one attached hydrogen (secondary N) is 1. The lowest BCUT2D eigenvalue weighted by molar-refractivity contribution is 0.0692. The number of nitrogens with zero attached hydrogens (tertiary/aromatic N) is 2. The maximum absolute atomic E-state index is 12.2. The Morgan fingerprint density at radius 1 is 0.853 bits per heavy atom. The monoisotopic (exact) mass is 495 g/mol. The molecular weight excluding hydrogens is 462 g/mol. The Kier molecular flexibility index (Phi) is 11.3. The van der Waals surface area contributed by atoms with Crippen LogP contribution in [-0.2, 0) is 12.3 Å². The third-order valence-corrected chi connectivity index (χ3v) is 7.30. The highest BCUT2D eigenvalue weighted by Crippen LogP contribution is 2.31. The van der Waals surface area contributed by atoms with Gasteiger partial charge < -0.3 is 10.4 Å². The van der Waals surface area contributed by atoms with Gasteiger partial charge >= 0.3 is 5.97 Å². The molecule has 0 radical (unpaired) electrons. The normalized spacial score (nSPS) is 10.9. The summed E-state index contributed by atoms with van der Waals surface area (Å²) in [5, 5.41) is 14.4. The molecule has 2 N–H and O–H groups in total. The van der Waals surface area contributed by atoms with Crippen LogP contribution in [0.1, 0.15) is 66.9 Å². The molecule has 180 valence electrons. The van der Waals surface area contributed by atoms with Crippen molar-refractivity contribution in [2.75, 3.05) is 11.1 Å². The Balaban J connectivity index is 1.76. The van der Waals surface area contributed by atoms with Crippen LogP contribution in [0, 0.1) is 0 Å². The average molecular weight is 496 g/mol. The number of aromatic carboxylic acids is 1. The third kappa shape index (κ3) is 8.69. The molecule has 3 aromatic rings. The van der Waals surface area contributed by atoms with Gasteiger partial charge in [0.1, 0.15) is 16.4 Å². The standard InChI is InChI=1S/C27H33N3O2S2/c1-2-3-4-5-6-13-18-33-27-29-24(28-19-21-14-9-7-10-15-21)23(26(31)32)25(30-27)34-20-22-16-11-8-12-17-22/h7-12,14-17H,2-6,13,18-20H2,1H3,(H,31,32)(H,28,29,30). The first-order chi connectivity index (χ1) is 16.7. The lowest BCUT2D eigenvalue weighted by Gasteiger charge is -2.14. The lowest BCUT2D eigenvalue weighted by Crippen LogP contribution is -2.12. The smallest absolute Gasteiger partial charge is 0.342 e. The SMILES string of the molecule is CCCCCCCCSc1nc(NCc2ccccc2)c(C(=O)O)c(SCc2ccccc2)n1. The molecule has 1 heterocycles. The van der Waals surface area contributed by atoms with Crippen LogP contribution in [0.2, 0.25) is 0 Å². The van der Waals surface area contributed by atoms with E-state index < -0.39 is 5.97 Å². The van der Waals surface area contributed by atoms with Gasteiger partial charge in [0, 0.05) is 18.1 Å². The van der Waals surface area contributed by atoms with Crippen LogP contribution in [0.15, 0.2) is 70.8 Å². The predicted octanol–water partition coefficient (Wildman–Crippen LogP) is 7.53. The van der Waals surface area contributed by atoms with E-state index in [-0.39, 0.29) is 5.56 Å². The summed E-state index contributed by atoms with van der Waals surface area (Å²) in [5.74, 6) is 0.947. The van der Waals surface area contributed by atoms with Crippen molar-refractivity contribution < 1.29 is 9.90 Å². The van der Waals surface area contributed by atoms with Gasteiger partial charge in [-0.05, 0) is 17.5 Å². The number of thioether (sulfide) groups is 2. The van der Waals surface area contributed by atoms with Gasteiger partial charge in [0.05, 0.1) is 0 Å². The minimum absolute atomic E-state index is 0.140. The fraction of sp³-hybridized carbons (Fsp3) is 0.370. The molecule has 2 aromatic carbocycles. The molecule has 0 bridgehead atoms. The number of hydrogen-bond donors (Lipinski definition) is 2. The van der Waals surface area contributed by atoms with Gasteiger partial charge in [-0.15, -0.1) is 11.8 Å². The molecule has 0 aliphatic carbocycles. The largest absolute Gasteiger partial charge is 0.477 e. The lowest BCUT2D eigenvalue weighted by atomic mass is 10.1. The molecule has 34 heavy (non-hydrogen) atoms. The van der Waals surface area contributed by atoms with Crippen LogP contribution in [0.3, 0.4) is 0 Å². The summed E-state index contributed by atoms with van der Waals surface area (Å²) in [6.45, 7) is 2.73. The van der Waals surface area contributed by atoms with Crippen LogP contribution in [0.5, 0.6) is 0 Å². The molecule has 0 unspecified atom stereocenters. The Labute approximate surface area is 211 Å². The number of carboxylic acid groups (broad SMARTS) is 1. The number of hydrogen-bond acceptors (Lipinski definition) is 6. The van der Waals surface area contributed by atoms with Gasteiger partial charge in [-0.1, -0.05) is 111 Å². The zero-order chi connectivity index (χ0) is 24.0. The minimum Gasteiger partial charge on any atom is -0.477 e. The molecule has 0 fully saturated rings. The van der Waals surface area contributed by atoms with Gasteiger partial charge in [0.25, 0.3) is 0 Å². The third-order valence-electron chi connectivity index (χ3n) is 5.32. The van der Waals surface area contributed by atoms with E-state index in [2.05, 4.69) is 22.2 Å². The molecule has 0 saturated heterocycles. The van der Waals surface area contributed by atoms with Crippen molar-refractivity contribution in [2.24, 2.45) is 0 Å². The summed E-state index contributed by atoms with van der Waals surface area (Å²) in [6, 6.07) is 20.0. The zero-order valence-corrected chi connectivity index (χ0v) is 21.3. The molecule has 0 spiro atoms. The van der Waals surface area contributed by atoms with Gasteiger partial charge in [0.2, 0.25) is 0 Å². The number of benzene rings is 2. The molecule has 0 atom stereocenters. The van der Waals surface area contributed by atoms with E-state index >= 15 is 0 Å². The van der Waals surface area contributed by atoms with Crippen LogP contribution < -0.4 is 5.32 Å². The van der Waals surface area contributed by atoms with Gasteiger partial charge in [-0.3, -0.25) is 0 Å². The van der Waals surface area contributed by atoms with Crippen molar-refractivity contribution in [1.82, 2.24) is 9.97 Å². The molecule has 7 heteroatoms. The Bertz CT molecular complexity index is 952. The maximum Gasteiger partial charge on any atom is 0.342 e. The summed E-state index contributed by atoms with van der Waals surface area (Å²) in [7, 11) is 0. The van der Waals surface area contributed by atoms with Crippen LogP contribution in [0.25, 0.3) is 0 Å². The predicted molar refractivity (Wildman–Crippen MR) is 143 cm³/mol. The van der Waals surface area contributed by atoms with Crippen LogP contribution >= 0.6 is 23.5 Å². The number of carbonyl (C=O) groups is 1. The molecule has 3 rings (SSSR count). The molecular formula is C27H33N3O2S2. The quantitative estimate of drug-likeness (QED) is 0.0976. The van der Waals surface area contributed by atoms with E-state index in [1.807, 2.05) is 60.7 Å². The van der Waals surface area contributed by atoms with Gasteiger partial charge in [0.15, 0.2) is 5.16 Å². The van der Waals surface area contributed by atoms with E-state index in [0.717, 1.165) is 23.3 Å². The second-order valence-electron chi connectivity index (χ2n) is 8.07. The first kappa shape index (κ1) is 26.1. The highest BCUT2D eigenvalue weighted by Gasteiger charge is 2.21. The van der Waals surface area contributed by atoms with E-state index in [0.29, 0.717) is 28.3 Å². The Morgan fingerprint density at radius 2 is 1.50 bits per heavy atom. The van der Waals surface area contributed by atoms with Crippen molar-refractivity contribution in [2.45, 2.75) is 67.9 Å². The van der Waals surface area contributed by atoms with Crippen molar-refractivity contribution in [1.29, 1.82) is 0 Å². The second-order valence-corrected chi connectivity index (χ2v) is 10.1. The molecule has 0 aliphatic rings. The summed E-state index contributed by atoms with van der Waals surface area (Å²) >= 11 is 3.05. The van der Waals surface area contributed by atoms with Crippen molar-refractivity contribution >= 4 is 35.3 Å². The van der Waals surface area contributed by atoms with E-state index in [1.165, 1.54) is 43.9 Å². The fourth-order valence-corrected chi connectivity index (χ4v) is 5.34. The highest BCUT2D eigenvalue weighted by molar-refractivity contribution is 7.99. The van der Waals surface area contributed by atoms with Gasteiger partial charge in [-0.25, -0.2) is 14.8 Å². The number of anilines is 1. The van der Waals surface area contributed by atoms with Gasteiger partial charge in [-0.2, -0.15) is 0 Å². The fourth-order valence-electron chi connectivity index (χ4n) is 3.46. The van der Waals surface area contributed by atoms with Crippen molar-refractivity contribution in [3.05, 3.63) is 77.4 Å². The van der Waals surface area contributed by atoms with E-state index in [4.69, 9.17) is 0 Å². The summed E-state index contributed by atoms with van der Waals surface area (Å²) in [6.07, 6.45) is 7.41. The van der Waals surface area contributed by atoms with Crippen LogP contribution in [-0.4, -0.2) is 26.8 Å². The summed E-state index contributed by atoms with van der Waals surface area (Å²) < 4.78 is 0. The average Bonchev–Trinajstić information content (AvgIpc) is 2.86. The molecule has 1 aromatic heterocycles. The zero-order valence-electron chi connectivity index (χ0n) is 19.7. The van der Waals surface area contributed by atoms with Crippen molar-refractivity contribution in [3.63, 3.8) is 0 Å².